The molecule has 2 aromatic heterocycles. The molecule has 0 radical (unpaired) electrons. The number of ether oxygens (including phenoxy) is 1. The van der Waals surface area contributed by atoms with Crippen molar-refractivity contribution in [3.05, 3.63) is 12.3 Å². The summed E-state index contributed by atoms with van der Waals surface area (Å²) < 4.78 is 5.07. The van der Waals surface area contributed by atoms with Crippen LogP contribution in [0.4, 0.5) is 0 Å². The summed E-state index contributed by atoms with van der Waals surface area (Å²) in [5, 5.41) is 7.59. The normalized spacial score (nSPS) is 10.3. The number of methoxy groups -OCH3 is 1. The third kappa shape index (κ3) is 1.07. The van der Waals surface area contributed by atoms with Crippen LogP contribution in [0.1, 0.15) is 0 Å². The Balaban J connectivity index is 2.72. The smallest absolute Gasteiger partial charge is 0.223 e. The van der Waals surface area contributed by atoms with Gasteiger partial charge in [0.25, 0.3) is 0 Å². The monoisotopic (exact) mass is 180 g/mol. The van der Waals surface area contributed by atoms with Crippen molar-refractivity contribution >= 4 is 11.2 Å². The molecular formula is C7H8N4O2. The van der Waals surface area contributed by atoms with Gasteiger partial charge >= 0.3 is 0 Å². The second kappa shape index (κ2) is 2.89. The first-order valence-electron chi connectivity index (χ1n) is 3.65. The number of rotatable bonds is 2. The van der Waals surface area contributed by atoms with Gasteiger partial charge in [-0.2, -0.15) is 0 Å². The SMILES string of the molecule is COc1ccnc2c1nnn2OC. The third-order valence-electron chi connectivity index (χ3n) is 1.67. The molecule has 0 fully saturated rings. The summed E-state index contributed by atoms with van der Waals surface area (Å²) in [6.45, 7) is 0. The van der Waals surface area contributed by atoms with Crippen molar-refractivity contribution in [2.45, 2.75) is 0 Å². The van der Waals surface area contributed by atoms with Gasteiger partial charge in [-0.1, -0.05) is 4.85 Å². The largest absolute Gasteiger partial charge is 0.494 e. The van der Waals surface area contributed by atoms with Crippen molar-refractivity contribution in [2.75, 3.05) is 14.2 Å². The van der Waals surface area contributed by atoms with E-state index in [2.05, 4.69) is 15.3 Å². The van der Waals surface area contributed by atoms with Crippen LogP contribution < -0.4 is 9.57 Å². The Morgan fingerprint density at radius 3 is 2.92 bits per heavy atom. The molecule has 0 bridgehead atoms. The molecule has 0 unspecified atom stereocenters. The Kier molecular flexibility index (Phi) is 1.73. The molecule has 0 aliphatic heterocycles. The van der Waals surface area contributed by atoms with Gasteiger partial charge in [0.05, 0.1) is 7.11 Å². The van der Waals surface area contributed by atoms with Crippen LogP contribution in [0, 0.1) is 0 Å². The molecule has 0 amide bonds. The van der Waals surface area contributed by atoms with Gasteiger partial charge in [0.15, 0.2) is 11.3 Å². The lowest BCUT2D eigenvalue weighted by Crippen LogP contribution is -2.07. The highest BCUT2D eigenvalue weighted by Gasteiger charge is 2.09. The van der Waals surface area contributed by atoms with Gasteiger partial charge in [-0.05, 0) is 5.21 Å². The van der Waals surface area contributed by atoms with Gasteiger partial charge in [0.1, 0.15) is 7.11 Å². The summed E-state index contributed by atoms with van der Waals surface area (Å²) >= 11 is 0. The summed E-state index contributed by atoms with van der Waals surface area (Å²) in [5.41, 5.74) is 1.13. The topological polar surface area (TPSA) is 62.1 Å². The molecule has 0 aliphatic rings. The number of hydrogen-bond donors (Lipinski definition) is 0. The van der Waals surface area contributed by atoms with Crippen LogP contribution in [-0.2, 0) is 0 Å². The van der Waals surface area contributed by atoms with E-state index in [4.69, 9.17) is 9.57 Å². The molecule has 6 nitrogen and oxygen atoms in total. The molecule has 68 valence electrons. The van der Waals surface area contributed by atoms with E-state index in [-0.39, 0.29) is 0 Å². The molecule has 0 aliphatic carbocycles. The third-order valence-corrected chi connectivity index (χ3v) is 1.67. The zero-order valence-corrected chi connectivity index (χ0v) is 7.26. The minimum atomic E-state index is 0.543. The zero-order valence-electron chi connectivity index (χ0n) is 7.26. The van der Waals surface area contributed by atoms with Crippen molar-refractivity contribution in [1.29, 1.82) is 0 Å². The molecule has 0 saturated carbocycles. The summed E-state index contributed by atoms with van der Waals surface area (Å²) in [5.74, 6) is 0.633. The quantitative estimate of drug-likeness (QED) is 0.645. The van der Waals surface area contributed by atoms with Crippen LogP contribution in [-0.4, -0.2) is 34.4 Å². The molecule has 0 N–H and O–H groups in total. The van der Waals surface area contributed by atoms with Gasteiger partial charge in [-0.25, -0.2) is 4.98 Å². The second-order valence-corrected chi connectivity index (χ2v) is 2.33. The molecule has 2 rings (SSSR count). The van der Waals surface area contributed by atoms with Crippen molar-refractivity contribution in [1.82, 2.24) is 20.1 Å². The average Bonchev–Trinajstić information content (AvgIpc) is 2.60. The molecule has 2 aromatic rings. The predicted octanol–water partition coefficient (Wildman–Crippen LogP) is -0.107. The Morgan fingerprint density at radius 2 is 2.23 bits per heavy atom. The summed E-state index contributed by atoms with van der Waals surface area (Å²) in [7, 11) is 3.07. The molecule has 13 heavy (non-hydrogen) atoms. The van der Waals surface area contributed by atoms with E-state index < -0.39 is 0 Å². The van der Waals surface area contributed by atoms with Gasteiger partial charge in [0.2, 0.25) is 5.65 Å². The lowest BCUT2D eigenvalue weighted by Gasteiger charge is -1.99. The van der Waals surface area contributed by atoms with Crippen molar-refractivity contribution < 1.29 is 9.57 Å². The zero-order chi connectivity index (χ0) is 9.26. The van der Waals surface area contributed by atoms with Crippen molar-refractivity contribution in [3.8, 4) is 5.75 Å². The fraction of sp³-hybridized carbons (Fsp3) is 0.286. The van der Waals surface area contributed by atoms with E-state index in [1.807, 2.05) is 0 Å². The molecule has 0 aromatic carbocycles. The average molecular weight is 180 g/mol. The Labute approximate surface area is 74.0 Å². The minimum absolute atomic E-state index is 0.543. The van der Waals surface area contributed by atoms with Gasteiger partial charge in [-0.3, -0.25) is 0 Å². The van der Waals surface area contributed by atoms with Crippen molar-refractivity contribution in [3.63, 3.8) is 0 Å². The first-order chi connectivity index (χ1) is 6.36. The Bertz CT molecular complexity index is 425. The number of pyridine rings is 1. The van der Waals surface area contributed by atoms with Gasteiger partial charge < -0.3 is 9.57 Å². The number of aromatic nitrogens is 4. The first-order valence-corrected chi connectivity index (χ1v) is 3.65. The van der Waals surface area contributed by atoms with Crippen LogP contribution in [0.25, 0.3) is 11.2 Å². The standard InChI is InChI=1S/C7H8N4O2/c1-12-5-3-4-8-7-6(5)9-10-11(7)13-2/h3-4H,1-2H3. The molecule has 6 heteroatoms. The first kappa shape index (κ1) is 7.78. The maximum atomic E-state index is 5.07. The summed E-state index contributed by atoms with van der Waals surface area (Å²) in [6, 6.07) is 1.72. The Morgan fingerprint density at radius 1 is 1.38 bits per heavy atom. The van der Waals surface area contributed by atoms with Crippen molar-refractivity contribution in [2.24, 2.45) is 0 Å². The van der Waals surface area contributed by atoms with Crippen LogP contribution in [0.5, 0.6) is 5.75 Å². The lowest BCUT2D eigenvalue weighted by atomic mass is 10.4. The van der Waals surface area contributed by atoms with E-state index in [0.29, 0.717) is 16.9 Å². The molecule has 0 spiro atoms. The maximum Gasteiger partial charge on any atom is 0.223 e. The fourth-order valence-electron chi connectivity index (χ4n) is 1.08. The predicted molar refractivity (Wildman–Crippen MR) is 44.4 cm³/mol. The molecule has 0 saturated heterocycles. The van der Waals surface area contributed by atoms with Crippen LogP contribution in [0.15, 0.2) is 12.3 Å². The Hall–Kier alpha value is -1.85. The maximum absolute atomic E-state index is 5.07. The number of nitrogens with zero attached hydrogens (tertiary/aromatic N) is 4. The van der Waals surface area contributed by atoms with Crippen LogP contribution in [0.2, 0.25) is 0 Å². The molecule has 2 heterocycles. The van der Waals surface area contributed by atoms with E-state index in [9.17, 15) is 0 Å². The highest BCUT2D eigenvalue weighted by molar-refractivity contribution is 5.76. The van der Waals surface area contributed by atoms with Gasteiger partial charge in [-0.15, -0.1) is 5.10 Å². The van der Waals surface area contributed by atoms with Crippen LogP contribution in [0.3, 0.4) is 0 Å². The van der Waals surface area contributed by atoms with E-state index in [1.165, 1.54) is 12.0 Å². The summed E-state index contributed by atoms with van der Waals surface area (Å²) in [6.07, 6.45) is 1.61. The molecule has 0 atom stereocenters. The summed E-state index contributed by atoms with van der Waals surface area (Å²) in [4.78, 5) is 10.2. The van der Waals surface area contributed by atoms with Crippen LogP contribution >= 0.6 is 0 Å². The van der Waals surface area contributed by atoms with E-state index in [1.54, 1.807) is 19.4 Å². The second-order valence-electron chi connectivity index (χ2n) is 2.33. The van der Waals surface area contributed by atoms with E-state index >= 15 is 0 Å². The highest BCUT2D eigenvalue weighted by atomic mass is 16.7. The highest BCUT2D eigenvalue weighted by Crippen LogP contribution is 2.19. The van der Waals surface area contributed by atoms with Gasteiger partial charge in [0, 0.05) is 12.3 Å². The number of fused-ring (bicyclic) bond motifs is 1. The fourth-order valence-corrected chi connectivity index (χ4v) is 1.08. The number of hydrogen-bond acceptors (Lipinski definition) is 5. The van der Waals surface area contributed by atoms with E-state index in [0.717, 1.165) is 0 Å². The molecular weight excluding hydrogens is 172 g/mol. The minimum Gasteiger partial charge on any atom is -0.494 e. The lowest BCUT2D eigenvalue weighted by molar-refractivity contribution is 0.138.